The van der Waals surface area contributed by atoms with Crippen molar-refractivity contribution in [2.75, 3.05) is 24.6 Å². The van der Waals surface area contributed by atoms with Gasteiger partial charge in [0.1, 0.15) is 0 Å². The van der Waals surface area contributed by atoms with Gasteiger partial charge in [0.25, 0.3) is 0 Å². The molecule has 1 atom stereocenters. The Morgan fingerprint density at radius 2 is 1.85 bits per heavy atom. The van der Waals surface area contributed by atoms with E-state index in [1.54, 1.807) is 9.80 Å². The van der Waals surface area contributed by atoms with Gasteiger partial charge < -0.3 is 9.80 Å². The number of amides is 2. The van der Waals surface area contributed by atoms with E-state index in [-0.39, 0.29) is 35.8 Å². The van der Waals surface area contributed by atoms with E-state index in [9.17, 15) is 18.0 Å². The van der Waals surface area contributed by atoms with Crippen molar-refractivity contribution >= 4 is 21.7 Å². The predicted octanol–water partition coefficient (Wildman–Crippen LogP) is 1.77. The third-order valence-corrected chi connectivity index (χ3v) is 6.60. The van der Waals surface area contributed by atoms with Crippen molar-refractivity contribution < 1.29 is 18.0 Å². The zero-order chi connectivity index (χ0) is 19.3. The molecule has 0 N–H and O–H groups in total. The minimum Gasteiger partial charge on any atom is -0.339 e. The van der Waals surface area contributed by atoms with Crippen LogP contribution in [0.5, 0.6) is 0 Å². The molecule has 0 bridgehead atoms. The Balaban J connectivity index is 1.95. The van der Waals surface area contributed by atoms with Crippen molar-refractivity contribution in [3.8, 4) is 0 Å². The highest BCUT2D eigenvalue weighted by Gasteiger charge is 2.33. The van der Waals surface area contributed by atoms with Crippen molar-refractivity contribution in [2.24, 2.45) is 0 Å². The highest BCUT2D eigenvalue weighted by molar-refractivity contribution is 7.91. The molecule has 0 radical (unpaired) electrons. The number of rotatable bonds is 7. The monoisotopic (exact) mass is 380 g/mol. The number of sulfone groups is 1. The summed E-state index contributed by atoms with van der Waals surface area (Å²) in [7, 11) is -3.03. The maximum absolute atomic E-state index is 12.6. The van der Waals surface area contributed by atoms with Crippen LogP contribution >= 0.6 is 0 Å². The summed E-state index contributed by atoms with van der Waals surface area (Å²) in [5, 5.41) is 0. The lowest BCUT2D eigenvalue weighted by atomic mass is 10.1. The average Bonchev–Trinajstić information content (AvgIpc) is 2.93. The van der Waals surface area contributed by atoms with Gasteiger partial charge in [-0.05, 0) is 25.8 Å². The lowest BCUT2D eigenvalue weighted by molar-refractivity contribution is -0.134. The molecule has 1 aliphatic rings. The molecule has 1 fully saturated rings. The normalized spacial score (nSPS) is 18.5. The number of benzene rings is 1. The number of nitrogens with zero attached hydrogens (tertiary/aromatic N) is 2. The molecule has 1 heterocycles. The van der Waals surface area contributed by atoms with Gasteiger partial charge in [-0.1, -0.05) is 29.8 Å². The Labute approximate surface area is 156 Å². The topological polar surface area (TPSA) is 74.8 Å². The third-order valence-electron chi connectivity index (χ3n) is 4.85. The SMILES string of the molecule is CCN(C(=O)CCN(Cc1ccc(C)cc1)C(C)=O)C1CCS(=O)(=O)C1. The lowest BCUT2D eigenvalue weighted by Crippen LogP contribution is -2.42. The molecular formula is C19H28N2O4S. The van der Waals surface area contributed by atoms with E-state index < -0.39 is 9.84 Å². The molecule has 1 unspecified atom stereocenters. The first kappa shape index (κ1) is 20.4. The number of carbonyl (C=O) groups is 2. The molecule has 1 aromatic carbocycles. The van der Waals surface area contributed by atoms with Gasteiger partial charge in [-0.15, -0.1) is 0 Å². The molecule has 1 saturated heterocycles. The molecule has 2 amide bonds. The number of aryl methyl sites for hydroxylation is 1. The van der Waals surface area contributed by atoms with Crippen LogP contribution < -0.4 is 0 Å². The highest BCUT2D eigenvalue weighted by Crippen LogP contribution is 2.18. The van der Waals surface area contributed by atoms with E-state index in [0.29, 0.717) is 26.1 Å². The molecule has 26 heavy (non-hydrogen) atoms. The summed E-state index contributed by atoms with van der Waals surface area (Å²) in [6.07, 6.45) is 0.706. The smallest absolute Gasteiger partial charge is 0.224 e. The Morgan fingerprint density at radius 1 is 1.19 bits per heavy atom. The first-order chi connectivity index (χ1) is 12.2. The van der Waals surface area contributed by atoms with Crippen LogP contribution in [-0.2, 0) is 26.0 Å². The summed E-state index contributed by atoms with van der Waals surface area (Å²) in [6.45, 7) is 6.65. The van der Waals surface area contributed by atoms with E-state index >= 15 is 0 Å². The van der Waals surface area contributed by atoms with Gasteiger partial charge in [-0.25, -0.2) is 8.42 Å². The number of carbonyl (C=O) groups excluding carboxylic acids is 2. The van der Waals surface area contributed by atoms with Crippen LogP contribution in [0, 0.1) is 6.92 Å². The van der Waals surface area contributed by atoms with E-state index in [1.807, 2.05) is 38.1 Å². The summed E-state index contributed by atoms with van der Waals surface area (Å²) in [4.78, 5) is 27.8. The molecule has 0 aliphatic carbocycles. The predicted molar refractivity (Wildman–Crippen MR) is 101 cm³/mol. The molecule has 0 saturated carbocycles. The van der Waals surface area contributed by atoms with Gasteiger partial charge in [0.2, 0.25) is 11.8 Å². The van der Waals surface area contributed by atoms with Crippen molar-refractivity contribution in [2.45, 2.75) is 46.2 Å². The quantitative estimate of drug-likeness (QED) is 0.722. The van der Waals surface area contributed by atoms with E-state index in [4.69, 9.17) is 0 Å². The Bertz CT molecular complexity index is 743. The molecule has 1 aliphatic heterocycles. The van der Waals surface area contributed by atoms with E-state index in [1.165, 1.54) is 6.92 Å². The van der Waals surface area contributed by atoms with E-state index in [2.05, 4.69) is 0 Å². The fraction of sp³-hybridized carbons (Fsp3) is 0.579. The van der Waals surface area contributed by atoms with Crippen LogP contribution in [0.3, 0.4) is 0 Å². The summed E-state index contributed by atoms with van der Waals surface area (Å²) >= 11 is 0. The van der Waals surface area contributed by atoms with Crippen LogP contribution in [0.1, 0.15) is 37.8 Å². The minimum atomic E-state index is -3.03. The van der Waals surface area contributed by atoms with Gasteiger partial charge in [-0.3, -0.25) is 9.59 Å². The van der Waals surface area contributed by atoms with Crippen LogP contribution in [-0.4, -0.2) is 60.7 Å². The minimum absolute atomic E-state index is 0.0480. The summed E-state index contributed by atoms with van der Waals surface area (Å²) in [6, 6.07) is 7.72. The molecule has 0 spiro atoms. The largest absolute Gasteiger partial charge is 0.339 e. The second-order valence-electron chi connectivity index (χ2n) is 6.91. The standard InChI is InChI=1S/C19H28N2O4S/c1-4-21(18-10-12-26(24,25)14-18)19(23)9-11-20(16(3)22)13-17-7-5-15(2)6-8-17/h5-8,18H,4,9-14H2,1-3H3. The third kappa shape index (κ3) is 5.56. The van der Waals surface area contributed by atoms with Crippen molar-refractivity contribution in [1.82, 2.24) is 9.80 Å². The fourth-order valence-corrected chi connectivity index (χ4v) is 5.03. The molecule has 0 aromatic heterocycles. The zero-order valence-electron chi connectivity index (χ0n) is 15.8. The van der Waals surface area contributed by atoms with Gasteiger partial charge in [0, 0.05) is 39.0 Å². The number of hydrogen-bond donors (Lipinski definition) is 0. The molecule has 1 aromatic rings. The molecular weight excluding hydrogens is 352 g/mol. The highest BCUT2D eigenvalue weighted by atomic mass is 32.2. The first-order valence-corrected chi connectivity index (χ1v) is 10.8. The van der Waals surface area contributed by atoms with Crippen molar-refractivity contribution in [1.29, 1.82) is 0 Å². The van der Waals surface area contributed by atoms with Crippen molar-refractivity contribution in [3.63, 3.8) is 0 Å². The Kier molecular flexibility index (Phi) is 6.81. The Morgan fingerprint density at radius 3 is 2.35 bits per heavy atom. The molecule has 7 heteroatoms. The zero-order valence-corrected chi connectivity index (χ0v) is 16.6. The lowest BCUT2D eigenvalue weighted by Gasteiger charge is -2.28. The second-order valence-corrected chi connectivity index (χ2v) is 9.14. The summed E-state index contributed by atoms with van der Waals surface area (Å²) in [5.41, 5.74) is 2.18. The van der Waals surface area contributed by atoms with Crippen LogP contribution in [0.25, 0.3) is 0 Å². The van der Waals surface area contributed by atoms with Gasteiger partial charge in [0.15, 0.2) is 9.84 Å². The van der Waals surface area contributed by atoms with Crippen LogP contribution in [0.2, 0.25) is 0 Å². The van der Waals surface area contributed by atoms with Crippen LogP contribution in [0.15, 0.2) is 24.3 Å². The van der Waals surface area contributed by atoms with Gasteiger partial charge >= 0.3 is 0 Å². The van der Waals surface area contributed by atoms with Gasteiger partial charge in [-0.2, -0.15) is 0 Å². The first-order valence-electron chi connectivity index (χ1n) is 9.03. The van der Waals surface area contributed by atoms with Crippen LogP contribution in [0.4, 0.5) is 0 Å². The maximum Gasteiger partial charge on any atom is 0.224 e. The van der Waals surface area contributed by atoms with E-state index in [0.717, 1.165) is 11.1 Å². The molecule has 6 nitrogen and oxygen atoms in total. The molecule has 144 valence electrons. The average molecular weight is 381 g/mol. The number of hydrogen-bond acceptors (Lipinski definition) is 4. The Hall–Kier alpha value is -1.89. The van der Waals surface area contributed by atoms with Crippen molar-refractivity contribution in [3.05, 3.63) is 35.4 Å². The summed E-state index contributed by atoms with van der Waals surface area (Å²) in [5.74, 6) is 0.0236. The second kappa shape index (κ2) is 8.66. The van der Waals surface area contributed by atoms with Gasteiger partial charge in [0.05, 0.1) is 11.5 Å². The fourth-order valence-electron chi connectivity index (χ4n) is 3.30. The summed E-state index contributed by atoms with van der Waals surface area (Å²) < 4.78 is 23.4. The molecule has 2 rings (SSSR count). The maximum atomic E-state index is 12.6.